The summed E-state index contributed by atoms with van der Waals surface area (Å²) in [7, 11) is 0. The van der Waals surface area contributed by atoms with E-state index in [4.69, 9.17) is 0 Å². The fourth-order valence-electron chi connectivity index (χ4n) is 8.72. The maximum absolute atomic E-state index is 2.58. The minimum Gasteiger partial charge on any atom is -0.358 e. The van der Waals surface area contributed by atoms with E-state index < -0.39 is 0 Å². The number of hydrogen-bond donors (Lipinski definition) is 0. The number of fused-ring (bicyclic) bond motifs is 2. The van der Waals surface area contributed by atoms with Crippen LogP contribution in [0.5, 0.6) is 0 Å². The van der Waals surface area contributed by atoms with E-state index in [0.717, 1.165) is 0 Å². The third-order valence-corrected chi connectivity index (χ3v) is 12.3. The molecule has 1 aliphatic carbocycles. The molecule has 1 fully saturated rings. The maximum Gasteiger partial charge on any atom is 4.00 e. The van der Waals surface area contributed by atoms with Gasteiger partial charge in [0.05, 0.1) is 0 Å². The van der Waals surface area contributed by atoms with Crippen LogP contribution in [0.3, 0.4) is 0 Å². The van der Waals surface area contributed by atoms with E-state index in [9.17, 15) is 0 Å². The van der Waals surface area contributed by atoms with Crippen molar-refractivity contribution in [2.75, 3.05) is 0 Å². The van der Waals surface area contributed by atoms with Gasteiger partial charge in [0.25, 0.3) is 0 Å². The van der Waals surface area contributed by atoms with Gasteiger partial charge in [-0.1, -0.05) is 162 Å². The van der Waals surface area contributed by atoms with Gasteiger partial charge in [-0.05, 0) is 73.3 Å². The molecule has 288 valence electrons. The van der Waals surface area contributed by atoms with Crippen LogP contribution in [0.1, 0.15) is 149 Å². The van der Waals surface area contributed by atoms with Gasteiger partial charge in [0, 0.05) is 0 Å². The second kappa shape index (κ2) is 15.7. The van der Waals surface area contributed by atoms with Gasteiger partial charge < -0.3 is 14.9 Å². The molecule has 0 saturated heterocycles. The maximum atomic E-state index is 2.58. The van der Waals surface area contributed by atoms with Crippen molar-refractivity contribution in [3.05, 3.63) is 145 Å². The molecule has 1 aliphatic rings. The second-order valence-electron chi connectivity index (χ2n) is 20.3. The first-order valence-electron chi connectivity index (χ1n) is 20.0. The fraction of sp³-hybridized carbons (Fsp3) is 0.407. The van der Waals surface area contributed by atoms with Gasteiger partial charge in [-0.2, -0.15) is 12.1 Å². The Hall–Kier alpha value is -3.03. The topological polar surface area (TPSA) is 0 Å². The van der Waals surface area contributed by atoms with Crippen LogP contribution in [0.15, 0.2) is 97.1 Å². The first kappa shape index (κ1) is 44.7. The van der Waals surface area contributed by atoms with Crippen molar-refractivity contribution < 1.29 is 25.8 Å². The Balaban J connectivity index is 0.00000224. The Morgan fingerprint density at radius 3 is 1.07 bits per heavy atom. The van der Waals surface area contributed by atoms with Crippen LogP contribution >= 0.6 is 0 Å². The summed E-state index contributed by atoms with van der Waals surface area (Å²) in [6.07, 6.45) is 6.27. The molecule has 7 rings (SSSR count). The quantitative estimate of drug-likeness (QED) is 0.122. The Morgan fingerprint density at radius 2 is 0.764 bits per heavy atom. The fourth-order valence-corrected chi connectivity index (χ4v) is 8.72. The number of hydrogen-bond acceptors (Lipinski definition) is 0. The average Bonchev–Trinajstić information content (AvgIpc) is 3.72. The first-order chi connectivity index (χ1) is 24.2. The zero-order valence-corrected chi connectivity index (χ0v) is 40.4. The van der Waals surface area contributed by atoms with Crippen LogP contribution in [0.4, 0.5) is 0 Å². The summed E-state index contributed by atoms with van der Waals surface area (Å²) in [5.74, 6) is 0. The van der Waals surface area contributed by atoms with Crippen LogP contribution in [-0.4, -0.2) is 0 Å². The second-order valence-corrected chi connectivity index (χ2v) is 20.3. The Labute approximate surface area is 355 Å². The Bertz CT molecular complexity index is 2030. The van der Waals surface area contributed by atoms with Gasteiger partial charge in [0.15, 0.2) is 0 Å². The van der Waals surface area contributed by atoms with Crippen molar-refractivity contribution >= 4 is 21.5 Å². The largest absolute Gasteiger partial charge is 4.00 e. The molecule has 0 N–H and O–H groups in total. The van der Waals surface area contributed by atoms with Crippen molar-refractivity contribution in [2.45, 2.75) is 142 Å². The van der Waals surface area contributed by atoms with E-state index in [-0.39, 0.29) is 67.8 Å². The zero-order valence-electron chi connectivity index (χ0n) is 36.8. The molecule has 1 saturated carbocycles. The Kier molecular flexibility index (Phi) is 12.8. The molecule has 0 atom stereocenters. The third kappa shape index (κ3) is 8.64. The molecule has 1 heteroatoms. The minimum absolute atomic E-state index is 0. The molecule has 0 spiro atoms. The van der Waals surface area contributed by atoms with Gasteiger partial charge in [-0.15, -0.1) is 69.1 Å². The van der Waals surface area contributed by atoms with Gasteiger partial charge >= 0.3 is 25.8 Å². The number of rotatable bonds is 4. The summed E-state index contributed by atoms with van der Waals surface area (Å²) in [6.45, 7) is 28.1. The summed E-state index contributed by atoms with van der Waals surface area (Å²) < 4.78 is 0. The molecular weight excluding hydrogens is 827 g/mol. The minimum atomic E-state index is 0. The molecular formula is C54H68Hf. The molecule has 0 heterocycles. The molecule has 0 aliphatic heterocycles. The van der Waals surface area contributed by atoms with Crippen LogP contribution < -0.4 is 0 Å². The first-order valence-corrected chi connectivity index (χ1v) is 20.0. The van der Waals surface area contributed by atoms with Crippen LogP contribution in [0.2, 0.25) is 0 Å². The zero-order chi connectivity index (χ0) is 37.4. The molecule has 55 heavy (non-hydrogen) atoms. The number of benzene rings is 4. The van der Waals surface area contributed by atoms with E-state index in [2.05, 4.69) is 180 Å². The van der Waals surface area contributed by atoms with Crippen molar-refractivity contribution in [3.63, 3.8) is 0 Å². The molecule has 0 unspecified atom stereocenters. The van der Waals surface area contributed by atoms with Gasteiger partial charge in [-0.25, -0.2) is 0 Å². The third-order valence-electron chi connectivity index (χ3n) is 12.3. The van der Waals surface area contributed by atoms with Crippen LogP contribution in [0, 0.1) is 14.9 Å². The monoisotopic (exact) mass is 896 g/mol. The van der Waals surface area contributed by atoms with Crippen molar-refractivity contribution in [1.82, 2.24) is 0 Å². The predicted octanol–water partition coefficient (Wildman–Crippen LogP) is 16.1. The standard InChI is InChI=1S/C52H62.2CH3.Hf/c1-48(2,3)38-26-36(27-39(30-38)49(4,5)6)44-20-16-18-34-24-42(32-46(34)44)52(22-14-13-15-23-52)43-25-35-19-17-21-45(47(35)33-43)37-28-40(50(7,8)9)31-41(29-37)51(10,11)12;;;/h16-21,24-33H,13-15,22-23H2,1-12H3;2*1H3;/q-2;2*-1;+4. The van der Waals surface area contributed by atoms with Gasteiger partial charge in [0.2, 0.25) is 0 Å². The molecule has 0 amide bonds. The van der Waals surface area contributed by atoms with Gasteiger partial charge in [-0.3, -0.25) is 0 Å². The smallest absolute Gasteiger partial charge is 0.358 e. The van der Waals surface area contributed by atoms with E-state index in [1.165, 1.54) is 109 Å². The predicted molar refractivity (Wildman–Crippen MR) is 241 cm³/mol. The SMILES string of the molecule is CC(C)(C)c1cc(-c2cccc3[cH-]c(C4(c5cc6c(-c7cc(C(C)(C)C)cc(C(C)(C)C)c7)cccc6[cH-]5)CCCCC4)cc23)cc(C(C)(C)C)c1.[CH3-].[CH3-].[Hf+4]. The van der Waals surface area contributed by atoms with Crippen LogP contribution in [-0.2, 0) is 52.9 Å². The molecule has 0 bridgehead atoms. The summed E-state index contributed by atoms with van der Waals surface area (Å²) in [6, 6.07) is 38.9. The molecule has 0 nitrogen and oxygen atoms in total. The summed E-state index contributed by atoms with van der Waals surface area (Å²) >= 11 is 0. The average molecular weight is 896 g/mol. The van der Waals surface area contributed by atoms with E-state index in [1.54, 1.807) is 0 Å². The summed E-state index contributed by atoms with van der Waals surface area (Å²) in [5.41, 5.74) is 14.3. The molecule has 6 aromatic rings. The van der Waals surface area contributed by atoms with Crippen LogP contribution in [0.25, 0.3) is 43.8 Å². The summed E-state index contributed by atoms with van der Waals surface area (Å²) in [5, 5.41) is 5.50. The van der Waals surface area contributed by atoms with Crippen molar-refractivity contribution in [1.29, 1.82) is 0 Å². The molecule has 0 radical (unpaired) electrons. The van der Waals surface area contributed by atoms with Gasteiger partial charge in [0.1, 0.15) is 0 Å². The van der Waals surface area contributed by atoms with E-state index >= 15 is 0 Å². The van der Waals surface area contributed by atoms with Crippen molar-refractivity contribution in [2.24, 2.45) is 0 Å². The normalized spacial score (nSPS) is 15.0. The Morgan fingerprint density at radius 1 is 0.436 bits per heavy atom. The van der Waals surface area contributed by atoms with Crippen molar-refractivity contribution in [3.8, 4) is 22.3 Å². The van der Waals surface area contributed by atoms with E-state index in [0.29, 0.717) is 0 Å². The summed E-state index contributed by atoms with van der Waals surface area (Å²) in [4.78, 5) is 0. The molecule has 6 aromatic carbocycles. The molecule has 0 aromatic heterocycles. The van der Waals surface area contributed by atoms with E-state index in [1.807, 2.05) is 0 Å².